The highest BCUT2D eigenvalue weighted by molar-refractivity contribution is 7.89. The minimum Gasteiger partial charge on any atom is -0.368 e. The van der Waals surface area contributed by atoms with Crippen LogP contribution in [0, 0.1) is 0 Å². The van der Waals surface area contributed by atoms with Crippen LogP contribution in [0.2, 0.25) is 5.02 Å². The molecule has 2 rings (SSSR count). The van der Waals surface area contributed by atoms with Crippen LogP contribution in [-0.4, -0.2) is 26.5 Å². The van der Waals surface area contributed by atoms with Gasteiger partial charge in [0.1, 0.15) is 5.82 Å². The van der Waals surface area contributed by atoms with Gasteiger partial charge in [0, 0.05) is 19.3 Å². The maximum atomic E-state index is 12.5. The first-order chi connectivity index (χ1) is 11.2. The number of hydrogen-bond donors (Lipinski definition) is 2. The number of anilines is 1. The maximum Gasteiger partial charge on any atom is 0.417 e. The van der Waals surface area contributed by atoms with Crippen LogP contribution in [0.1, 0.15) is 5.56 Å². The molecule has 1 aromatic carbocycles. The summed E-state index contributed by atoms with van der Waals surface area (Å²) in [7, 11) is -3.64. The fourth-order valence-corrected chi connectivity index (χ4v) is 3.06. The molecule has 0 unspecified atom stereocenters. The van der Waals surface area contributed by atoms with E-state index in [1.807, 2.05) is 0 Å². The lowest BCUT2D eigenvalue weighted by atomic mass is 10.3. The predicted octanol–water partition coefficient (Wildman–Crippen LogP) is 3.14. The Morgan fingerprint density at radius 2 is 1.79 bits per heavy atom. The minimum atomic E-state index is -4.53. The Balaban J connectivity index is 1.91. The van der Waals surface area contributed by atoms with Crippen molar-refractivity contribution >= 4 is 27.4 Å². The number of aromatic nitrogens is 1. The third kappa shape index (κ3) is 4.83. The van der Waals surface area contributed by atoms with E-state index in [2.05, 4.69) is 15.0 Å². The molecule has 2 N–H and O–H groups in total. The standard InChI is InChI=1S/C14H13ClF3N3O2S/c15-12-8-10(14(16,17)18)9-20-13(12)19-6-7-21-24(22,23)11-4-2-1-3-5-11/h1-5,8-9,21H,6-7H2,(H,19,20). The minimum absolute atomic E-state index is 0.0102. The van der Waals surface area contributed by atoms with Gasteiger partial charge in [-0.15, -0.1) is 0 Å². The van der Waals surface area contributed by atoms with Gasteiger partial charge in [0.15, 0.2) is 0 Å². The summed E-state index contributed by atoms with van der Waals surface area (Å²) in [5, 5.41) is 2.48. The van der Waals surface area contributed by atoms with Gasteiger partial charge in [-0.05, 0) is 18.2 Å². The van der Waals surface area contributed by atoms with Gasteiger partial charge in [-0.25, -0.2) is 18.1 Å². The average molecular weight is 380 g/mol. The second kappa shape index (κ2) is 7.37. The molecule has 24 heavy (non-hydrogen) atoms. The zero-order valence-corrected chi connectivity index (χ0v) is 13.7. The van der Waals surface area contributed by atoms with Crippen molar-refractivity contribution in [3.05, 3.63) is 53.2 Å². The largest absolute Gasteiger partial charge is 0.417 e. The predicted molar refractivity (Wildman–Crippen MR) is 84.4 cm³/mol. The van der Waals surface area contributed by atoms with Crippen molar-refractivity contribution in [3.8, 4) is 0 Å². The van der Waals surface area contributed by atoms with Gasteiger partial charge in [0.05, 0.1) is 15.5 Å². The van der Waals surface area contributed by atoms with E-state index in [9.17, 15) is 21.6 Å². The van der Waals surface area contributed by atoms with Gasteiger partial charge >= 0.3 is 6.18 Å². The summed E-state index contributed by atoms with van der Waals surface area (Å²) in [6, 6.07) is 8.54. The molecule has 0 radical (unpaired) electrons. The summed E-state index contributed by atoms with van der Waals surface area (Å²) in [6.07, 6.45) is -3.87. The second-order valence-corrected chi connectivity index (χ2v) is 6.86. The molecule has 0 saturated heterocycles. The molecular weight excluding hydrogens is 367 g/mol. The molecular formula is C14H13ClF3N3O2S. The monoisotopic (exact) mass is 379 g/mol. The maximum absolute atomic E-state index is 12.5. The first-order valence-corrected chi connectivity index (χ1v) is 8.57. The summed E-state index contributed by atoms with van der Waals surface area (Å²) in [5.74, 6) is 0.0450. The Bertz CT molecular complexity index is 799. The lowest BCUT2D eigenvalue weighted by Gasteiger charge is -2.11. The first-order valence-electron chi connectivity index (χ1n) is 6.71. The van der Waals surface area contributed by atoms with Crippen molar-refractivity contribution in [2.75, 3.05) is 18.4 Å². The van der Waals surface area contributed by atoms with Crippen molar-refractivity contribution in [3.63, 3.8) is 0 Å². The number of rotatable bonds is 6. The van der Waals surface area contributed by atoms with Gasteiger partial charge in [-0.1, -0.05) is 29.8 Å². The molecule has 0 bridgehead atoms. The first kappa shape index (κ1) is 18.5. The second-order valence-electron chi connectivity index (χ2n) is 4.69. The molecule has 5 nitrogen and oxygen atoms in total. The molecule has 0 aliphatic heterocycles. The number of halogens is 4. The highest BCUT2D eigenvalue weighted by Gasteiger charge is 2.31. The molecule has 0 aliphatic carbocycles. The van der Waals surface area contributed by atoms with Crippen molar-refractivity contribution in [2.24, 2.45) is 0 Å². The van der Waals surface area contributed by atoms with Gasteiger partial charge in [-0.2, -0.15) is 13.2 Å². The normalized spacial score (nSPS) is 12.2. The molecule has 0 atom stereocenters. The highest BCUT2D eigenvalue weighted by atomic mass is 35.5. The number of hydrogen-bond acceptors (Lipinski definition) is 4. The van der Waals surface area contributed by atoms with Crippen LogP contribution in [0.3, 0.4) is 0 Å². The van der Waals surface area contributed by atoms with Gasteiger partial charge in [0.25, 0.3) is 0 Å². The van der Waals surface area contributed by atoms with Gasteiger partial charge < -0.3 is 5.32 Å². The topological polar surface area (TPSA) is 71.1 Å². The van der Waals surface area contributed by atoms with E-state index in [-0.39, 0.29) is 28.8 Å². The van der Waals surface area contributed by atoms with E-state index in [1.54, 1.807) is 18.2 Å². The van der Waals surface area contributed by atoms with E-state index in [1.165, 1.54) is 12.1 Å². The Kier molecular flexibility index (Phi) is 5.68. The zero-order valence-electron chi connectivity index (χ0n) is 12.1. The average Bonchev–Trinajstić information content (AvgIpc) is 2.52. The highest BCUT2D eigenvalue weighted by Crippen LogP contribution is 2.32. The van der Waals surface area contributed by atoms with Crippen LogP contribution in [0.4, 0.5) is 19.0 Å². The van der Waals surface area contributed by atoms with Crippen LogP contribution in [0.5, 0.6) is 0 Å². The number of alkyl halides is 3. The SMILES string of the molecule is O=S(=O)(NCCNc1ncc(C(F)(F)F)cc1Cl)c1ccccc1. The molecule has 10 heteroatoms. The number of nitrogens with zero attached hydrogens (tertiary/aromatic N) is 1. The lowest BCUT2D eigenvalue weighted by molar-refractivity contribution is -0.137. The fourth-order valence-electron chi connectivity index (χ4n) is 1.77. The Hall–Kier alpha value is -1.84. The van der Waals surface area contributed by atoms with Crippen LogP contribution in [0.15, 0.2) is 47.5 Å². The number of sulfonamides is 1. The van der Waals surface area contributed by atoms with Gasteiger partial charge in [0.2, 0.25) is 10.0 Å². The molecule has 0 saturated carbocycles. The Labute approximate surface area is 141 Å². The number of nitrogens with one attached hydrogen (secondary N) is 2. The summed E-state index contributed by atoms with van der Waals surface area (Å²) in [4.78, 5) is 3.72. The quantitative estimate of drug-likeness (QED) is 0.756. The summed E-state index contributed by atoms with van der Waals surface area (Å²) >= 11 is 5.74. The summed E-state index contributed by atoms with van der Waals surface area (Å²) < 4.78 is 63.8. The van der Waals surface area contributed by atoms with Crippen LogP contribution >= 0.6 is 11.6 Å². The third-order valence-corrected chi connectivity index (χ3v) is 4.70. The van der Waals surface area contributed by atoms with Gasteiger partial charge in [-0.3, -0.25) is 0 Å². The molecule has 0 aliphatic rings. The molecule has 0 fully saturated rings. The zero-order chi connectivity index (χ0) is 17.8. The van der Waals surface area contributed by atoms with E-state index >= 15 is 0 Å². The molecule has 1 heterocycles. The Morgan fingerprint density at radius 1 is 1.12 bits per heavy atom. The van der Waals surface area contributed by atoms with E-state index in [0.29, 0.717) is 6.20 Å². The molecule has 1 aromatic heterocycles. The smallest absolute Gasteiger partial charge is 0.368 e. The number of pyridine rings is 1. The third-order valence-electron chi connectivity index (χ3n) is 2.93. The van der Waals surface area contributed by atoms with Crippen LogP contribution in [-0.2, 0) is 16.2 Å². The summed E-state index contributed by atoms with van der Waals surface area (Å²) in [5.41, 5.74) is -0.956. The Morgan fingerprint density at radius 3 is 2.38 bits per heavy atom. The van der Waals surface area contributed by atoms with Crippen molar-refractivity contribution in [2.45, 2.75) is 11.1 Å². The molecule has 2 aromatic rings. The van der Waals surface area contributed by atoms with Crippen LogP contribution < -0.4 is 10.0 Å². The van der Waals surface area contributed by atoms with E-state index < -0.39 is 21.8 Å². The summed E-state index contributed by atoms with van der Waals surface area (Å²) in [6.45, 7) is 0.112. The molecule has 130 valence electrons. The molecule has 0 spiro atoms. The molecule has 0 amide bonds. The lowest BCUT2D eigenvalue weighted by Crippen LogP contribution is -2.29. The van der Waals surface area contributed by atoms with E-state index in [4.69, 9.17) is 11.6 Å². The van der Waals surface area contributed by atoms with Crippen LogP contribution in [0.25, 0.3) is 0 Å². The van der Waals surface area contributed by atoms with E-state index in [0.717, 1.165) is 6.07 Å². The fraction of sp³-hybridized carbons (Fsp3) is 0.214. The number of benzene rings is 1. The van der Waals surface area contributed by atoms with Crippen molar-refractivity contribution in [1.82, 2.24) is 9.71 Å². The van der Waals surface area contributed by atoms with Crippen molar-refractivity contribution in [1.29, 1.82) is 0 Å². The van der Waals surface area contributed by atoms with Crippen molar-refractivity contribution < 1.29 is 21.6 Å².